The molecule has 1 aromatic heterocycles. The summed E-state index contributed by atoms with van der Waals surface area (Å²) in [4.78, 5) is 29.3. The van der Waals surface area contributed by atoms with Crippen molar-refractivity contribution in [3.8, 4) is 0 Å². The molecule has 1 atom stereocenters. The Kier molecular flexibility index (Phi) is 8.75. The van der Waals surface area contributed by atoms with Crippen LogP contribution >= 0.6 is 0 Å². The number of fused-ring (bicyclic) bond motifs is 1. The first-order chi connectivity index (χ1) is 18.6. The summed E-state index contributed by atoms with van der Waals surface area (Å²) >= 11 is 0. The Bertz CT molecular complexity index is 1200. The molecule has 3 aliphatic rings. The van der Waals surface area contributed by atoms with Gasteiger partial charge in [0.05, 0.1) is 11.0 Å². The fourth-order valence-electron chi connectivity index (χ4n) is 5.78. The van der Waals surface area contributed by atoms with E-state index in [1.807, 2.05) is 26.0 Å². The van der Waals surface area contributed by atoms with E-state index in [4.69, 9.17) is 14.5 Å². The molecule has 0 amide bonds. The predicted octanol–water partition coefficient (Wildman–Crippen LogP) is 5.37. The summed E-state index contributed by atoms with van der Waals surface area (Å²) in [5.74, 6) is 1.71. The third kappa shape index (κ3) is 6.44. The van der Waals surface area contributed by atoms with Crippen molar-refractivity contribution in [2.45, 2.75) is 90.4 Å². The lowest BCUT2D eigenvalue weighted by molar-refractivity contribution is -0.152. The van der Waals surface area contributed by atoms with Gasteiger partial charge in [0.2, 0.25) is 0 Å². The predicted molar refractivity (Wildman–Crippen MR) is 148 cm³/mol. The quantitative estimate of drug-likeness (QED) is 0.186. The topological polar surface area (TPSA) is 82.5 Å². The Labute approximate surface area is 225 Å². The molecule has 0 radical (unpaired) electrons. The molecule has 0 spiro atoms. The summed E-state index contributed by atoms with van der Waals surface area (Å²) in [6.45, 7) is 6.87. The van der Waals surface area contributed by atoms with Crippen molar-refractivity contribution in [3.63, 3.8) is 0 Å². The van der Waals surface area contributed by atoms with Gasteiger partial charge in [-0.25, -0.2) is 4.98 Å². The Morgan fingerprint density at radius 2 is 1.95 bits per heavy atom. The van der Waals surface area contributed by atoms with Crippen molar-refractivity contribution < 1.29 is 19.1 Å². The van der Waals surface area contributed by atoms with Gasteiger partial charge in [-0.2, -0.15) is 0 Å². The first-order valence-electron chi connectivity index (χ1n) is 14.4. The summed E-state index contributed by atoms with van der Waals surface area (Å²) < 4.78 is 13.7. The molecule has 1 aliphatic heterocycles. The van der Waals surface area contributed by atoms with Crippen LogP contribution in [0.2, 0.25) is 0 Å². The number of nitrogens with zero attached hydrogens (tertiary/aromatic N) is 2. The summed E-state index contributed by atoms with van der Waals surface area (Å²) in [6.07, 6.45) is 13.4. The lowest BCUT2D eigenvalue weighted by atomic mass is 10.00. The van der Waals surface area contributed by atoms with Crippen molar-refractivity contribution in [3.05, 3.63) is 47.3 Å². The summed E-state index contributed by atoms with van der Waals surface area (Å²) in [6, 6.07) is 6.17. The van der Waals surface area contributed by atoms with Crippen LogP contribution in [-0.2, 0) is 32.2 Å². The molecule has 2 heterocycles. The second-order valence-electron chi connectivity index (χ2n) is 11.2. The van der Waals surface area contributed by atoms with Gasteiger partial charge in [0, 0.05) is 31.9 Å². The highest BCUT2D eigenvalue weighted by atomic mass is 16.5. The highest BCUT2D eigenvalue weighted by Gasteiger charge is 2.38. The Balaban J connectivity index is 1.37. The average molecular weight is 520 g/mol. The smallest absolute Gasteiger partial charge is 0.323 e. The van der Waals surface area contributed by atoms with Crippen LogP contribution in [-0.4, -0.2) is 47.2 Å². The van der Waals surface area contributed by atoms with E-state index in [1.54, 1.807) is 0 Å². The van der Waals surface area contributed by atoms with E-state index in [2.05, 4.69) is 28.1 Å². The van der Waals surface area contributed by atoms with E-state index in [0.717, 1.165) is 105 Å². The molecule has 1 unspecified atom stereocenters. The van der Waals surface area contributed by atoms with Gasteiger partial charge in [0.15, 0.2) is 0 Å². The molecule has 2 aromatic rings. The number of carbonyl (C=O) groups is 2. The Morgan fingerprint density at radius 1 is 1.18 bits per heavy atom. The van der Waals surface area contributed by atoms with Gasteiger partial charge in [0.1, 0.15) is 24.3 Å². The first kappa shape index (κ1) is 26.8. The number of nitrogens with one attached hydrogen (secondary N) is 1. The molecule has 2 aliphatic carbocycles. The molecule has 1 saturated heterocycles. The maximum absolute atomic E-state index is 12.9. The molecule has 0 bridgehead atoms. The van der Waals surface area contributed by atoms with Crippen molar-refractivity contribution in [2.75, 3.05) is 13.2 Å². The van der Waals surface area contributed by atoms with Gasteiger partial charge in [-0.05, 0) is 106 Å². The van der Waals surface area contributed by atoms with Gasteiger partial charge in [-0.3, -0.25) is 9.59 Å². The SMILES string of the molecule is C/C=C(\C=C(\C)C=O)c1nc2cc(CNC(C(=O)OC3CCCC3)C3CC3)ccc2n1CC1CCOCC1. The number of carbonyl (C=O) groups excluding carboxylic acids is 2. The van der Waals surface area contributed by atoms with Crippen LogP contribution in [0.5, 0.6) is 0 Å². The van der Waals surface area contributed by atoms with Gasteiger partial charge in [-0.1, -0.05) is 12.1 Å². The largest absolute Gasteiger partial charge is 0.461 e. The van der Waals surface area contributed by atoms with E-state index >= 15 is 0 Å². The lowest BCUT2D eigenvalue weighted by Gasteiger charge is -2.23. The number of hydrogen-bond donors (Lipinski definition) is 1. The van der Waals surface area contributed by atoms with Gasteiger partial charge < -0.3 is 19.4 Å². The molecule has 7 nitrogen and oxygen atoms in total. The van der Waals surface area contributed by atoms with Crippen LogP contribution in [0.3, 0.4) is 0 Å². The zero-order chi connectivity index (χ0) is 26.5. The number of aromatic nitrogens is 2. The molecule has 38 heavy (non-hydrogen) atoms. The molecular weight excluding hydrogens is 478 g/mol. The molecular formula is C31H41N3O4. The number of esters is 1. The summed E-state index contributed by atoms with van der Waals surface area (Å²) in [5, 5.41) is 3.51. The Hall–Kier alpha value is -2.77. The van der Waals surface area contributed by atoms with Crippen molar-refractivity contribution in [2.24, 2.45) is 11.8 Å². The zero-order valence-corrected chi connectivity index (χ0v) is 22.8. The minimum atomic E-state index is -0.237. The maximum Gasteiger partial charge on any atom is 0.323 e. The third-order valence-electron chi connectivity index (χ3n) is 8.19. The zero-order valence-electron chi connectivity index (χ0n) is 22.8. The number of aldehydes is 1. The summed E-state index contributed by atoms with van der Waals surface area (Å²) in [7, 11) is 0. The van der Waals surface area contributed by atoms with Gasteiger partial charge in [-0.15, -0.1) is 0 Å². The average Bonchev–Trinajstić information content (AvgIpc) is 3.52. The van der Waals surface area contributed by atoms with Crippen LogP contribution < -0.4 is 5.32 Å². The lowest BCUT2D eigenvalue weighted by Crippen LogP contribution is -2.40. The standard InChI is InChI=1S/C31H41N3O4/c1-3-24(16-21(2)20-35)30-33-27-17-23(8-11-28(27)34(30)19-22-12-14-37-15-13-22)18-32-29(25-9-10-25)31(36)38-26-6-4-5-7-26/h3,8,11,16-17,20,22,25-26,29,32H,4-7,9-10,12-15,18-19H2,1-2H3/b21-16-,24-3+. The van der Waals surface area contributed by atoms with E-state index in [1.165, 1.54) is 0 Å². The number of hydrogen-bond acceptors (Lipinski definition) is 6. The van der Waals surface area contributed by atoms with Crippen LogP contribution in [0.4, 0.5) is 0 Å². The number of allylic oxidation sites excluding steroid dienone is 4. The molecule has 3 fully saturated rings. The fourth-order valence-corrected chi connectivity index (χ4v) is 5.78. The first-order valence-corrected chi connectivity index (χ1v) is 14.4. The maximum atomic E-state index is 12.9. The number of benzene rings is 1. The Morgan fingerprint density at radius 3 is 2.63 bits per heavy atom. The highest BCUT2D eigenvalue weighted by molar-refractivity contribution is 5.86. The fraction of sp³-hybridized carbons (Fsp3) is 0.581. The minimum Gasteiger partial charge on any atom is -0.461 e. The van der Waals surface area contributed by atoms with E-state index in [9.17, 15) is 9.59 Å². The molecule has 204 valence electrons. The third-order valence-corrected chi connectivity index (χ3v) is 8.19. The monoisotopic (exact) mass is 519 g/mol. The second-order valence-corrected chi connectivity index (χ2v) is 11.2. The number of imidazole rings is 1. The number of ether oxygens (including phenoxy) is 2. The van der Waals surface area contributed by atoms with Crippen LogP contribution in [0.25, 0.3) is 16.6 Å². The van der Waals surface area contributed by atoms with Crippen LogP contribution in [0, 0.1) is 11.8 Å². The molecule has 1 aromatic carbocycles. The van der Waals surface area contributed by atoms with Crippen LogP contribution in [0.15, 0.2) is 35.9 Å². The van der Waals surface area contributed by atoms with Crippen molar-refractivity contribution in [1.29, 1.82) is 0 Å². The van der Waals surface area contributed by atoms with Crippen molar-refractivity contribution in [1.82, 2.24) is 14.9 Å². The van der Waals surface area contributed by atoms with E-state index in [-0.39, 0.29) is 18.1 Å². The highest BCUT2D eigenvalue weighted by Crippen LogP contribution is 2.34. The van der Waals surface area contributed by atoms with Gasteiger partial charge in [0.25, 0.3) is 0 Å². The molecule has 7 heteroatoms. The van der Waals surface area contributed by atoms with Crippen LogP contribution in [0.1, 0.15) is 76.6 Å². The van der Waals surface area contributed by atoms with E-state index < -0.39 is 0 Å². The molecule has 5 rings (SSSR count). The minimum absolute atomic E-state index is 0.0847. The normalized spacial score (nSPS) is 20.7. The molecule has 2 saturated carbocycles. The van der Waals surface area contributed by atoms with Gasteiger partial charge >= 0.3 is 5.97 Å². The second kappa shape index (κ2) is 12.4. The molecule has 1 N–H and O–H groups in total. The number of rotatable bonds is 11. The summed E-state index contributed by atoms with van der Waals surface area (Å²) in [5.41, 5.74) is 4.73. The van der Waals surface area contributed by atoms with E-state index in [0.29, 0.717) is 24.0 Å². The van der Waals surface area contributed by atoms with Crippen molar-refractivity contribution >= 4 is 28.9 Å².